The van der Waals surface area contributed by atoms with E-state index >= 15 is 0 Å². The van der Waals surface area contributed by atoms with E-state index in [4.69, 9.17) is 31.7 Å². The average molecular weight is 357 g/mol. The van der Waals surface area contributed by atoms with Gasteiger partial charge in [-0.2, -0.15) is 0 Å². The Morgan fingerprint density at radius 2 is 1.35 bits per heavy atom. The van der Waals surface area contributed by atoms with Crippen LogP contribution in [0.15, 0.2) is 53.0 Å². The van der Waals surface area contributed by atoms with E-state index in [1.165, 1.54) is 0 Å². The van der Waals surface area contributed by atoms with Crippen LogP contribution in [-0.2, 0) is 0 Å². The lowest BCUT2D eigenvalue weighted by Gasteiger charge is -1.97. The summed E-state index contributed by atoms with van der Waals surface area (Å²) in [5.41, 5.74) is 0.943. The molecule has 0 aliphatic carbocycles. The Kier molecular flexibility index (Phi) is 7.29. The Morgan fingerprint density at radius 3 is 1.75 bits per heavy atom. The van der Waals surface area contributed by atoms with E-state index in [0.29, 0.717) is 15.9 Å². The normalized spacial score (nSPS) is 9.50. The first-order valence-corrected chi connectivity index (χ1v) is 6.80. The fourth-order valence-electron chi connectivity index (χ4n) is 1.30. The number of halogens is 2. The first-order chi connectivity index (χ1) is 9.40. The van der Waals surface area contributed by atoms with Gasteiger partial charge in [-0.1, -0.05) is 51.8 Å². The van der Waals surface area contributed by atoms with E-state index in [1.54, 1.807) is 42.5 Å². The molecule has 0 bridgehead atoms. The second-order valence-electron chi connectivity index (χ2n) is 3.85. The van der Waals surface area contributed by atoms with E-state index in [-0.39, 0.29) is 0 Å². The van der Waals surface area contributed by atoms with Gasteiger partial charge in [0.1, 0.15) is 0 Å². The van der Waals surface area contributed by atoms with Crippen LogP contribution in [0.1, 0.15) is 0 Å². The molecule has 0 aromatic heterocycles. The summed E-state index contributed by atoms with van der Waals surface area (Å²) >= 11 is 8.76. The second kappa shape index (κ2) is 8.46. The van der Waals surface area contributed by atoms with Crippen molar-refractivity contribution in [2.75, 3.05) is 0 Å². The lowest BCUT2D eigenvalue weighted by atomic mass is 9.81. The van der Waals surface area contributed by atoms with Crippen LogP contribution >= 0.6 is 27.5 Å². The van der Waals surface area contributed by atoms with Gasteiger partial charge in [0.15, 0.2) is 0 Å². The molecule has 2 aromatic rings. The molecule has 2 aromatic carbocycles. The molecule has 8 heteroatoms. The molecule has 0 spiro atoms. The molecule has 4 N–H and O–H groups in total. The Morgan fingerprint density at radius 1 is 0.800 bits per heavy atom. The van der Waals surface area contributed by atoms with E-state index in [9.17, 15) is 0 Å². The van der Waals surface area contributed by atoms with Crippen molar-refractivity contribution in [3.05, 3.63) is 58.0 Å². The van der Waals surface area contributed by atoms with Gasteiger partial charge in [0.2, 0.25) is 0 Å². The first-order valence-electron chi connectivity index (χ1n) is 5.63. The van der Waals surface area contributed by atoms with Crippen LogP contribution < -0.4 is 10.9 Å². The van der Waals surface area contributed by atoms with Crippen LogP contribution in [0.3, 0.4) is 0 Å². The maximum Gasteiger partial charge on any atom is 0.488 e. The summed E-state index contributed by atoms with van der Waals surface area (Å²) in [7, 11) is -2.78. The minimum atomic E-state index is -1.41. The fraction of sp³-hybridized carbons (Fsp3) is 0. The van der Waals surface area contributed by atoms with Crippen LogP contribution in [0.25, 0.3) is 0 Å². The monoisotopic (exact) mass is 356 g/mol. The molecule has 0 unspecified atom stereocenters. The predicted octanol–water partition coefficient (Wildman–Crippen LogP) is 0.149. The Balaban J connectivity index is 0.000000200. The number of hydrogen-bond acceptors (Lipinski definition) is 4. The van der Waals surface area contributed by atoms with Gasteiger partial charge in [-0.05, 0) is 35.2 Å². The summed E-state index contributed by atoms with van der Waals surface area (Å²) in [6, 6.07) is 13.2. The van der Waals surface area contributed by atoms with Gasteiger partial charge in [-0.25, -0.2) is 0 Å². The van der Waals surface area contributed by atoms with Crippen molar-refractivity contribution in [1.29, 1.82) is 0 Å². The number of rotatable bonds is 2. The molecule has 4 nitrogen and oxygen atoms in total. The van der Waals surface area contributed by atoms with Gasteiger partial charge in [0.25, 0.3) is 0 Å². The minimum absolute atomic E-state index is 0.449. The molecule has 104 valence electrons. The lowest BCUT2D eigenvalue weighted by Crippen LogP contribution is -2.29. The molecule has 0 amide bonds. The predicted molar refractivity (Wildman–Crippen MR) is 85.2 cm³/mol. The largest absolute Gasteiger partial charge is 0.488 e. The summed E-state index contributed by atoms with van der Waals surface area (Å²) in [6.45, 7) is 0. The van der Waals surface area contributed by atoms with Gasteiger partial charge < -0.3 is 20.1 Å². The number of hydrogen-bond donors (Lipinski definition) is 4. The highest BCUT2D eigenvalue weighted by Crippen LogP contribution is 2.05. The van der Waals surface area contributed by atoms with Gasteiger partial charge in [0.05, 0.1) is 0 Å². The molecule has 0 heterocycles. The van der Waals surface area contributed by atoms with Crippen LogP contribution in [0.2, 0.25) is 5.02 Å². The summed E-state index contributed by atoms with van der Waals surface area (Å²) in [4.78, 5) is 0. The van der Waals surface area contributed by atoms with Crippen molar-refractivity contribution in [1.82, 2.24) is 0 Å². The summed E-state index contributed by atoms with van der Waals surface area (Å²) in [6.07, 6.45) is 0. The smallest absolute Gasteiger partial charge is 0.423 e. The van der Waals surface area contributed by atoms with E-state index in [1.807, 2.05) is 6.07 Å². The molecule has 0 aliphatic heterocycles. The Hall–Kier alpha value is -0.820. The SMILES string of the molecule is OB(O)c1ccc(Cl)cc1.OB(O)c1cccc(Br)c1. The Labute approximate surface area is 131 Å². The van der Waals surface area contributed by atoms with E-state index in [0.717, 1.165) is 4.47 Å². The van der Waals surface area contributed by atoms with Crippen LogP contribution in [0.5, 0.6) is 0 Å². The van der Waals surface area contributed by atoms with Gasteiger partial charge in [0, 0.05) is 9.50 Å². The third-order valence-electron chi connectivity index (χ3n) is 2.31. The minimum Gasteiger partial charge on any atom is -0.423 e. The van der Waals surface area contributed by atoms with E-state index in [2.05, 4.69) is 15.9 Å². The fourth-order valence-corrected chi connectivity index (χ4v) is 1.85. The standard InChI is InChI=1S/C6H6BBrO2.C6H6BClO2/c8-6-3-1-2-5(4-6)7(9)10;8-6-3-1-5(2-4-6)7(9)10/h2*1-4,9-10H. The second-order valence-corrected chi connectivity index (χ2v) is 5.21. The molecule has 0 aliphatic rings. The zero-order chi connectivity index (χ0) is 15.1. The van der Waals surface area contributed by atoms with Crippen molar-refractivity contribution >= 4 is 52.7 Å². The Bertz CT molecular complexity index is 537. The molecule has 0 atom stereocenters. The molecule has 0 saturated carbocycles. The van der Waals surface area contributed by atoms with Crippen molar-refractivity contribution in [2.45, 2.75) is 0 Å². The quantitative estimate of drug-likeness (QED) is 0.577. The average Bonchev–Trinajstić information content (AvgIpc) is 2.40. The topological polar surface area (TPSA) is 80.9 Å². The molecule has 20 heavy (non-hydrogen) atoms. The van der Waals surface area contributed by atoms with Crippen molar-refractivity contribution in [3.8, 4) is 0 Å². The zero-order valence-electron chi connectivity index (χ0n) is 10.3. The molecule has 0 fully saturated rings. The summed E-state index contributed by atoms with van der Waals surface area (Å²) in [5.74, 6) is 0. The van der Waals surface area contributed by atoms with Crippen molar-refractivity contribution in [2.24, 2.45) is 0 Å². The highest BCUT2D eigenvalue weighted by Gasteiger charge is 2.09. The first kappa shape index (κ1) is 17.2. The van der Waals surface area contributed by atoms with Gasteiger partial charge >= 0.3 is 14.2 Å². The van der Waals surface area contributed by atoms with Gasteiger partial charge in [-0.3, -0.25) is 0 Å². The maximum atomic E-state index is 8.68. The molecule has 0 saturated heterocycles. The van der Waals surface area contributed by atoms with Crippen LogP contribution in [-0.4, -0.2) is 34.3 Å². The molecule has 0 radical (unpaired) electrons. The molecule has 2 rings (SSSR count). The summed E-state index contributed by atoms with van der Waals surface area (Å²) in [5, 5.41) is 35.2. The highest BCUT2D eigenvalue weighted by molar-refractivity contribution is 9.10. The third-order valence-corrected chi connectivity index (χ3v) is 3.06. The van der Waals surface area contributed by atoms with Crippen LogP contribution in [0.4, 0.5) is 0 Å². The molecular weight excluding hydrogens is 345 g/mol. The summed E-state index contributed by atoms with van der Waals surface area (Å²) < 4.78 is 0.845. The zero-order valence-corrected chi connectivity index (χ0v) is 12.7. The van der Waals surface area contributed by atoms with Crippen LogP contribution in [0, 0.1) is 0 Å². The maximum absolute atomic E-state index is 8.68. The third kappa shape index (κ3) is 6.09. The number of benzene rings is 2. The van der Waals surface area contributed by atoms with E-state index < -0.39 is 14.2 Å². The highest BCUT2D eigenvalue weighted by atomic mass is 79.9. The lowest BCUT2D eigenvalue weighted by molar-refractivity contribution is 0.424. The van der Waals surface area contributed by atoms with Crippen molar-refractivity contribution < 1.29 is 20.1 Å². The van der Waals surface area contributed by atoms with Crippen molar-refractivity contribution in [3.63, 3.8) is 0 Å². The molecular formula is C12H12B2BrClO4. The van der Waals surface area contributed by atoms with Gasteiger partial charge in [-0.15, -0.1) is 0 Å².